The van der Waals surface area contributed by atoms with Gasteiger partial charge < -0.3 is 11.1 Å². The fraction of sp³-hybridized carbons (Fsp3) is 0.250. The van der Waals surface area contributed by atoms with Crippen LogP contribution in [0.1, 0.15) is 6.42 Å². The van der Waals surface area contributed by atoms with Crippen LogP contribution in [0.15, 0.2) is 18.3 Å². The van der Waals surface area contributed by atoms with Gasteiger partial charge in [-0.2, -0.15) is 0 Å². The third kappa shape index (κ3) is 3.06. The molecular formula is C8H10FN3O. The molecule has 3 N–H and O–H groups in total. The summed E-state index contributed by atoms with van der Waals surface area (Å²) in [5.74, 6) is -0.723. The second-order valence-corrected chi connectivity index (χ2v) is 2.48. The Labute approximate surface area is 75.0 Å². The number of carbonyl (C=O) groups is 1. The van der Waals surface area contributed by atoms with Crippen LogP contribution in [-0.2, 0) is 4.79 Å². The first kappa shape index (κ1) is 9.44. The number of carbonyl (C=O) groups excluding carboxylic acids is 1. The van der Waals surface area contributed by atoms with Gasteiger partial charge in [0.15, 0.2) is 11.6 Å². The zero-order valence-electron chi connectivity index (χ0n) is 6.96. The maximum Gasteiger partial charge on any atom is 0.219 e. The Hall–Kier alpha value is -1.65. The van der Waals surface area contributed by atoms with E-state index < -0.39 is 11.7 Å². The predicted octanol–water partition coefficient (Wildman–Crippen LogP) is 0.508. The molecule has 4 nitrogen and oxygen atoms in total. The van der Waals surface area contributed by atoms with E-state index in [4.69, 9.17) is 5.73 Å². The van der Waals surface area contributed by atoms with Crippen molar-refractivity contribution in [1.82, 2.24) is 4.98 Å². The van der Waals surface area contributed by atoms with E-state index in [-0.39, 0.29) is 12.2 Å². The molecule has 70 valence electrons. The maximum atomic E-state index is 12.9. The second-order valence-electron chi connectivity index (χ2n) is 2.48. The van der Waals surface area contributed by atoms with Gasteiger partial charge in [0.05, 0.1) is 0 Å². The fourth-order valence-corrected chi connectivity index (χ4v) is 0.820. The first-order chi connectivity index (χ1) is 6.20. The van der Waals surface area contributed by atoms with Crippen molar-refractivity contribution < 1.29 is 9.18 Å². The quantitative estimate of drug-likeness (QED) is 0.714. The summed E-state index contributed by atoms with van der Waals surface area (Å²) in [7, 11) is 0. The van der Waals surface area contributed by atoms with Gasteiger partial charge in [-0.1, -0.05) is 0 Å². The Balaban J connectivity index is 2.45. The first-order valence-electron chi connectivity index (χ1n) is 3.83. The van der Waals surface area contributed by atoms with Crippen LogP contribution in [-0.4, -0.2) is 17.4 Å². The van der Waals surface area contributed by atoms with Gasteiger partial charge in [-0.25, -0.2) is 9.37 Å². The summed E-state index contributed by atoms with van der Waals surface area (Å²) in [6, 6.07) is 2.79. The molecule has 0 atom stereocenters. The van der Waals surface area contributed by atoms with E-state index in [1.54, 1.807) is 0 Å². The molecule has 0 aliphatic carbocycles. The van der Waals surface area contributed by atoms with Gasteiger partial charge in [-0.3, -0.25) is 4.79 Å². The summed E-state index contributed by atoms with van der Waals surface area (Å²) in [5, 5.41) is 2.66. The molecule has 0 saturated heterocycles. The predicted molar refractivity (Wildman–Crippen MR) is 46.5 cm³/mol. The molecule has 0 spiro atoms. The number of nitrogens with zero attached hydrogens (tertiary/aromatic N) is 1. The molecule has 0 unspecified atom stereocenters. The number of aromatic nitrogens is 1. The summed E-state index contributed by atoms with van der Waals surface area (Å²) < 4.78 is 12.9. The maximum absolute atomic E-state index is 12.9. The van der Waals surface area contributed by atoms with Crippen molar-refractivity contribution in [3.05, 3.63) is 24.1 Å². The molecule has 0 aromatic carbocycles. The van der Waals surface area contributed by atoms with Crippen LogP contribution in [0.25, 0.3) is 0 Å². The van der Waals surface area contributed by atoms with E-state index >= 15 is 0 Å². The summed E-state index contributed by atoms with van der Waals surface area (Å²) >= 11 is 0. The monoisotopic (exact) mass is 183 g/mol. The molecule has 0 radical (unpaired) electrons. The molecule has 5 heteroatoms. The fourth-order valence-electron chi connectivity index (χ4n) is 0.820. The lowest BCUT2D eigenvalue weighted by molar-refractivity contribution is -0.117. The highest BCUT2D eigenvalue weighted by atomic mass is 19.1. The Morgan fingerprint density at radius 3 is 3.08 bits per heavy atom. The minimum absolute atomic E-state index is 0.142. The molecule has 1 heterocycles. The Bertz CT molecular complexity index is 303. The number of hydrogen-bond acceptors (Lipinski definition) is 3. The van der Waals surface area contributed by atoms with Gasteiger partial charge in [0.2, 0.25) is 5.91 Å². The van der Waals surface area contributed by atoms with Crippen LogP contribution >= 0.6 is 0 Å². The number of nitrogens with one attached hydrogen (secondary N) is 1. The minimum atomic E-state index is -0.438. The number of hydrogen-bond donors (Lipinski definition) is 2. The van der Waals surface area contributed by atoms with Gasteiger partial charge in [-0.05, 0) is 12.1 Å². The molecule has 0 saturated carbocycles. The Kier molecular flexibility index (Phi) is 3.19. The lowest BCUT2D eigenvalue weighted by Gasteiger charge is -2.03. The number of primary amides is 1. The molecule has 1 aromatic rings. The number of pyridine rings is 1. The SMILES string of the molecule is NC(=O)CCNc1ncccc1F. The number of halogens is 1. The van der Waals surface area contributed by atoms with Gasteiger partial charge in [-0.15, -0.1) is 0 Å². The molecule has 1 rings (SSSR count). The summed E-state index contributed by atoms with van der Waals surface area (Å²) in [6.45, 7) is 0.295. The van der Waals surface area contributed by atoms with Crippen molar-refractivity contribution in [3.8, 4) is 0 Å². The smallest absolute Gasteiger partial charge is 0.219 e. The zero-order valence-corrected chi connectivity index (χ0v) is 6.96. The molecule has 0 bridgehead atoms. The minimum Gasteiger partial charge on any atom is -0.370 e. The van der Waals surface area contributed by atoms with Crippen molar-refractivity contribution >= 4 is 11.7 Å². The van der Waals surface area contributed by atoms with Crippen LogP contribution in [0.4, 0.5) is 10.2 Å². The van der Waals surface area contributed by atoms with Crippen LogP contribution in [0.5, 0.6) is 0 Å². The van der Waals surface area contributed by atoms with Crippen LogP contribution in [0.2, 0.25) is 0 Å². The molecule has 1 amide bonds. The topological polar surface area (TPSA) is 68.0 Å². The van der Waals surface area contributed by atoms with Crippen molar-refractivity contribution in [2.45, 2.75) is 6.42 Å². The molecule has 0 aliphatic heterocycles. The van der Waals surface area contributed by atoms with Crippen LogP contribution in [0, 0.1) is 5.82 Å². The van der Waals surface area contributed by atoms with E-state index in [1.807, 2.05) is 0 Å². The van der Waals surface area contributed by atoms with Gasteiger partial charge in [0.1, 0.15) is 0 Å². The molecule has 0 aliphatic rings. The number of amides is 1. The summed E-state index contributed by atoms with van der Waals surface area (Å²) in [6.07, 6.45) is 1.63. The first-order valence-corrected chi connectivity index (χ1v) is 3.83. The molecule has 13 heavy (non-hydrogen) atoms. The third-order valence-electron chi connectivity index (χ3n) is 1.42. The van der Waals surface area contributed by atoms with E-state index in [2.05, 4.69) is 10.3 Å². The van der Waals surface area contributed by atoms with Crippen molar-refractivity contribution in [2.24, 2.45) is 5.73 Å². The van der Waals surface area contributed by atoms with Gasteiger partial charge in [0.25, 0.3) is 0 Å². The molecule has 0 fully saturated rings. The Morgan fingerprint density at radius 1 is 1.69 bits per heavy atom. The van der Waals surface area contributed by atoms with Crippen LogP contribution < -0.4 is 11.1 Å². The van der Waals surface area contributed by atoms with E-state index in [0.717, 1.165) is 0 Å². The highest BCUT2D eigenvalue weighted by molar-refractivity contribution is 5.74. The molecular weight excluding hydrogens is 173 g/mol. The third-order valence-corrected chi connectivity index (χ3v) is 1.42. The highest BCUT2D eigenvalue weighted by Gasteiger charge is 2.01. The van der Waals surface area contributed by atoms with Gasteiger partial charge in [0, 0.05) is 19.2 Å². The number of rotatable bonds is 4. The standard InChI is InChI=1S/C8H10FN3O/c9-6-2-1-4-11-8(6)12-5-3-7(10)13/h1-2,4H,3,5H2,(H2,10,13)(H,11,12). The van der Waals surface area contributed by atoms with E-state index in [9.17, 15) is 9.18 Å². The average molecular weight is 183 g/mol. The summed E-state index contributed by atoms with van der Waals surface area (Å²) in [5.41, 5.74) is 4.90. The molecule has 1 aromatic heterocycles. The lowest BCUT2D eigenvalue weighted by atomic mass is 10.4. The zero-order chi connectivity index (χ0) is 9.68. The van der Waals surface area contributed by atoms with Gasteiger partial charge >= 0.3 is 0 Å². The summed E-state index contributed by atoms with van der Waals surface area (Å²) in [4.78, 5) is 14.1. The highest BCUT2D eigenvalue weighted by Crippen LogP contribution is 2.07. The van der Waals surface area contributed by atoms with Crippen molar-refractivity contribution in [2.75, 3.05) is 11.9 Å². The van der Waals surface area contributed by atoms with Crippen molar-refractivity contribution in [1.29, 1.82) is 0 Å². The largest absolute Gasteiger partial charge is 0.370 e. The van der Waals surface area contributed by atoms with Crippen LogP contribution in [0.3, 0.4) is 0 Å². The Morgan fingerprint density at radius 2 is 2.46 bits per heavy atom. The normalized spacial score (nSPS) is 9.62. The lowest BCUT2D eigenvalue weighted by Crippen LogP contribution is -2.16. The average Bonchev–Trinajstić information content (AvgIpc) is 2.08. The number of nitrogens with two attached hydrogens (primary N) is 1. The van der Waals surface area contributed by atoms with Crippen molar-refractivity contribution in [3.63, 3.8) is 0 Å². The van der Waals surface area contributed by atoms with E-state index in [1.165, 1.54) is 18.3 Å². The second kappa shape index (κ2) is 4.39. The number of anilines is 1. The van der Waals surface area contributed by atoms with E-state index in [0.29, 0.717) is 6.54 Å².